The predicted molar refractivity (Wildman–Crippen MR) is 106 cm³/mol. The molecule has 1 saturated heterocycles. The maximum Gasteiger partial charge on any atom is 0.335 e. The molecule has 2 aromatic rings. The fourth-order valence-electron chi connectivity index (χ4n) is 2.61. The number of rotatable bonds is 2. The highest BCUT2D eigenvalue weighted by molar-refractivity contribution is 9.10. The van der Waals surface area contributed by atoms with Crippen molar-refractivity contribution >= 4 is 57.1 Å². The number of nitrogens with zero attached hydrogens (tertiary/aromatic N) is 1. The molecule has 4 amide bonds. The summed E-state index contributed by atoms with van der Waals surface area (Å²) in [5.74, 6) is -1.91. The molecule has 0 spiro atoms. The smallest absolute Gasteiger partial charge is 0.335 e. The summed E-state index contributed by atoms with van der Waals surface area (Å²) in [4.78, 5) is 38.2. The average Bonchev–Trinajstić information content (AvgIpc) is 2.58. The number of phenolic OH excluding ortho intramolecular Hbond substituents is 1. The number of nitrogens with one attached hydrogen (secondary N) is 1. The first-order valence-electron chi connectivity index (χ1n) is 7.85. The van der Waals surface area contributed by atoms with Crippen molar-refractivity contribution in [3.05, 3.63) is 62.1 Å². The van der Waals surface area contributed by atoms with Crippen molar-refractivity contribution in [2.75, 3.05) is 4.90 Å². The molecule has 1 fully saturated rings. The summed E-state index contributed by atoms with van der Waals surface area (Å²) in [6, 6.07) is 7.25. The number of imide groups is 2. The number of benzene rings is 2. The molecule has 0 aromatic heterocycles. The normalized spacial score (nSPS) is 16.1. The van der Waals surface area contributed by atoms with Crippen LogP contribution in [0, 0.1) is 13.8 Å². The van der Waals surface area contributed by atoms with Gasteiger partial charge < -0.3 is 5.11 Å². The fraction of sp³-hybridized carbons (Fsp3) is 0.105. The van der Waals surface area contributed by atoms with Gasteiger partial charge in [-0.3, -0.25) is 14.9 Å². The highest BCUT2D eigenvalue weighted by Crippen LogP contribution is 2.33. The molecule has 0 bridgehead atoms. The maximum atomic E-state index is 12.9. The minimum absolute atomic E-state index is 0.0574. The van der Waals surface area contributed by atoms with Gasteiger partial charge in [0.25, 0.3) is 11.8 Å². The first-order valence-corrected chi connectivity index (χ1v) is 9.03. The van der Waals surface area contributed by atoms with E-state index in [1.807, 2.05) is 13.8 Å². The molecule has 0 atom stereocenters. The molecule has 27 heavy (non-hydrogen) atoms. The third-order valence-electron chi connectivity index (χ3n) is 4.21. The maximum absolute atomic E-state index is 12.9. The lowest BCUT2D eigenvalue weighted by molar-refractivity contribution is -0.122. The molecule has 138 valence electrons. The van der Waals surface area contributed by atoms with Crippen molar-refractivity contribution < 1.29 is 19.5 Å². The summed E-state index contributed by atoms with van der Waals surface area (Å²) in [6.07, 6.45) is 1.20. The minimum atomic E-state index is -0.847. The van der Waals surface area contributed by atoms with Crippen LogP contribution in [0.25, 0.3) is 6.08 Å². The highest BCUT2D eigenvalue weighted by atomic mass is 79.9. The predicted octanol–water partition coefficient (Wildman–Crippen LogP) is 4.09. The third-order valence-corrected chi connectivity index (χ3v) is 4.95. The van der Waals surface area contributed by atoms with Crippen molar-refractivity contribution in [2.45, 2.75) is 13.8 Å². The monoisotopic (exact) mass is 448 g/mol. The van der Waals surface area contributed by atoms with E-state index in [-0.39, 0.29) is 21.9 Å². The zero-order valence-corrected chi connectivity index (χ0v) is 16.7. The average molecular weight is 450 g/mol. The van der Waals surface area contributed by atoms with E-state index in [0.717, 1.165) is 16.0 Å². The first kappa shape index (κ1) is 19.1. The number of phenols is 1. The summed E-state index contributed by atoms with van der Waals surface area (Å²) in [6.45, 7) is 3.76. The Morgan fingerprint density at radius 1 is 1.11 bits per heavy atom. The van der Waals surface area contributed by atoms with Crippen LogP contribution < -0.4 is 10.2 Å². The van der Waals surface area contributed by atoms with Crippen LogP contribution in [0.4, 0.5) is 10.5 Å². The van der Waals surface area contributed by atoms with E-state index in [0.29, 0.717) is 10.2 Å². The summed E-state index contributed by atoms with van der Waals surface area (Å²) in [7, 11) is 0. The second-order valence-electron chi connectivity index (χ2n) is 6.05. The van der Waals surface area contributed by atoms with Crippen molar-refractivity contribution in [1.29, 1.82) is 0 Å². The Bertz CT molecular complexity index is 1030. The Labute approximate surface area is 168 Å². The number of aryl methyl sites for hydroxylation is 2. The van der Waals surface area contributed by atoms with Crippen molar-refractivity contribution in [1.82, 2.24) is 5.32 Å². The van der Waals surface area contributed by atoms with Crippen LogP contribution in [0.1, 0.15) is 16.7 Å². The zero-order valence-electron chi connectivity index (χ0n) is 14.3. The second-order valence-corrected chi connectivity index (χ2v) is 7.37. The fourth-order valence-corrected chi connectivity index (χ4v) is 3.44. The SMILES string of the molecule is Cc1ccc(N2C(=O)NC(=O)/C(=C/c3cc(Br)cc(Cl)c3O)C2=O)cc1C. The van der Waals surface area contributed by atoms with Crippen LogP contribution in [0.15, 0.2) is 40.4 Å². The Balaban J connectivity index is 2.09. The largest absolute Gasteiger partial charge is 0.506 e. The van der Waals surface area contributed by atoms with E-state index in [2.05, 4.69) is 21.2 Å². The van der Waals surface area contributed by atoms with Crippen LogP contribution in [0.5, 0.6) is 5.75 Å². The molecule has 0 unspecified atom stereocenters. The van der Waals surface area contributed by atoms with Gasteiger partial charge in [-0.2, -0.15) is 0 Å². The lowest BCUT2D eigenvalue weighted by Gasteiger charge is -2.27. The van der Waals surface area contributed by atoms with Crippen molar-refractivity contribution in [3.63, 3.8) is 0 Å². The van der Waals surface area contributed by atoms with Crippen molar-refractivity contribution in [3.8, 4) is 5.75 Å². The van der Waals surface area contributed by atoms with E-state index < -0.39 is 17.8 Å². The number of carbonyl (C=O) groups excluding carboxylic acids is 3. The van der Waals surface area contributed by atoms with Gasteiger partial charge in [0.15, 0.2) is 0 Å². The Kier molecular flexibility index (Phi) is 5.08. The van der Waals surface area contributed by atoms with Crippen molar-refractivity contribution in [2.24, 2.45) is 0 Å². The van der Waals surface area contributed by atoms with Crippen LogP contribution >= 0.6 is 27.5 Å². The van der Waals surface area contributed by atoms with Gasteiger partial charge in [0.1, 0.15) is 11.3 Å². The number of carbonyl (C=O) groups is 3. The van der Waals surface area contributed by atoms with Gasteiger partial charge in [-0.1, -0.05) is 33.6 Å². The summed E-state index contributed by atoms with van der Waals surface area (Å²) >= 11 is 9.17. The molecule has 2 N–H and O–H groups in total. The van der Waals surface area contributed by atoms with E-state index >= 15 is 0 Å². The minimum Gasteiger partial charge on any atom is -0.506 e. The molecule has 8 heteroatoms. The molecule has 0 aliphatic carbocycles. The van der Waals surface area contributed by atoms with Crippen LogP contribution in [0.2, 0.25) is 5.02 Å². The quantitative estimate of drug-likeness (QED) is 0.534. The highest BCUT2D eigenvalue weighted by Gasteiger charge is 2.37. The number of hydrogen-bond acceptors (Lipinski definition) is 4. The lowest BCUT2D eigenvalue weighted by Crippen LogP contribution is -2.54. The molecular formula is C19H14BrClN2O4. The molecule has 3 rings (SSSR count). The van der Waals surface area contributed by atoms with Crippen LogP contribution in [0.3, 0.4) is 0 Å². The Morgan fingerprint density at radius 2 is 1.81 bits per heavy atom. The van der Waals surface area contributed by atoms with Crippen LogP contribution in [-0.4, -0.2) is 23.0 Å². The number of aromatic hydroxyl groups is 1. The Morgan fingerprint density at radius 3 is 2.48 bits per heavy atom. The van der Waals surface area contributed by atoms with E-state index in [1.165, 1.54) is 18.2 Å². The second kappa shape index (κ2) is 7.17. The van der Waals surface area contributed by atoms with E-state index in [1.54, 1.807) is 18.2 Å². The topological polar surface area (TPSA) is 86.7 Å². The molecule has 1 aliphatic heterocycles. The zero-order chi connectivity index (χ0) is 19.9. The molecule has 2 aromatic carbocycles. The number of barbiturate groups is 1. The molecule has 0 saturated carbocycles. The number of anilines is 1. The number of hydrogen-bond donors (Lipinski definition) is 2. The Hall–Kier alpha value is -2.64. The number of urea groups is 1. The number of halogens is 2. The van der Waals surface area contributed by atoms with E-state index in [9.17, 15) is 19.5 Å². The summed E-state index contributed by atoms with van der Waals surface area (Å²) < 4.78 is 0.558. The van der Waals surface area contributed by atoms with Gasteiger partial charge in [0.2, 0.25) is 0 Å². The summed E-state index contributed by atoms with van der Waals surface area (Å²) in [5.41, 5.74) is 2.12. The third kappa shape index (κ3) is 3.61. The molecule has 1 aliphatic rings. The van der Waals surface area contributed by atoms with Gasteiger partial charge in [0.05, 0.1) is 10.7 Å². The van der Waals surface area contributed by atoms with Gasteiger partial charge in [-0.25, -0.2) is 9.69 Å². The molecule has 6 nitrogen and oxygen atoms in total. The molecular weight excluding hydrogens is 436 g/mol. The summed E-state index contributed by atoms with van der Waals surface area (Å²) in [5, 5.41) is 12.3. The number of amides is 4. The van der Waals surface area contributed by atoms with Gasteiger partial charge in [-0.15, -0.1) is 0 Å². The standard InChI is InChI=1S/C19H14BrClN2O4/c1-9-3-4-13(5-10(9)2)23-18(26)14(17(25)22-19(23)27)7-11-6-12(20)8-15(21)16(11)24/h3-8,24H,1-2H3,(H,22,25,27)/b14-7-. The molecule has 0 radical (unpaired) electrons. The van der Waals surface area contributed by atoms with Gasteiger partial charge in [0, 0.05) is 10.0 Å². The van der Waals surface area contributed by atoms with Gasteiger partial charge in [-0.05, 0) is 55.3 Å². The molecule has 1 heterocycles. The van der Waals surface area contributed by atoms with Crippen LogP contribution in [-0.2, 0) is 9.59 Å². The van der Waals surface area contributed by atoms with E-state index in [4.69, 9.17) is 11.6 Å². The van der Waals surface area contributed by atoms with Gasteiger partial charge >= 0.3 is 6.03 Å². The first-order chi connectivity index (χ1) is 12.7. The lowest BCUT2D eigenvalue weighted by atomic mass is 10.0.